The molecule has 0 fully saturated rings. The number of carbonyl (C=O) groups excluding carboxylic acids is 1. The first-order valence-corrected chi connectivity index (χ1v) is 5.90. The van der Waals surface area contributed by atoms with Gasteiger partial charge in [-0.05, 0) is 18.6 Å². The van der Waals surface area contributed by atoms with Crippen LogP contribution in [-0.4, -0.2) is 38.8 Å². The molecule has 0 bridgehead atoms. The number of rotatable bonds is 5. The van der Waals surface area contributed by atoms with E-state index in [2.05, 4.69) is 20.4 Å². The Balaban J connectivity index is 2.11. The van der Waals surface area contributed by atoms with Crippen LogP contribution in [0.25, 0.3) is 11.4 Å². The van der Waals surface area contributed by atoms with Gasteiger partial charge in [-0.15, -0.1) is 0 Å². The Labute approximate surface area is 109 Å². The lowest BCUT2D eigenvalue weighted by Gasteiger charge is -2.11. The highest BCUT2D eigenvalue weighted by molar-refractivity contribution is 5.90. The fraction of sp³-hybridized carbons (Fsp3) is 0.333. The Morgan fingerprint density at radius 1 is 1.58 bits per heavy atom. The smallest absolute Gasteiger partial charge is 0.316 e. The van der Waals surface area contributed by atoms with E-state index in [9.17, 15) is 4.79 Å². The van der Waals surface area contributed by atoms with E-state index in [0.29, 0.717) is 17.8 Å². The highest BCUT2D eigenvalue weighted by atomic mass is 16.5. The van der Waals surface area contributed by atoms with Crippen LogP contribution in [0.2, 0.25) is 0 Å². The molecule has 2 N–H and O–H groups in total. The summed E-state index contributed by atoms with van der Waals surface area (Å²) in [6, 6.07) is 3.19. The predicted molar refractivity (Wildman–Crippen MR) is 66.2 cm³/mol. The minimum Gasteiger partial charge on any atom is -0.394 e. The van der Waals surface area contributed by atoms with Crippen molar-refractivity contribution < 1.29 is 14.4 Å². The van der Waals surface area contributed by atoms with Crippen molar-refractivity contribution in [1.29, 1.82) is 0 Å². The van der Waals surface area contributed by atoms with Crippen LogP contribution in [0.3, 0.4) is 0 Å². The topological polar surface area (TPSA) is 101 Å². The summed E-state index contributed by atoms with van der Waals surface area (Å²) in [5.41, 5.74) is 0.666. The van der Waals surface area contributed by atoms with Crippen LogP contribution in [0.4, 0.5) is 0 Å². The summed E-state index contributed by atoms with van der Waals surface area (Å²) in [7, 11) is 0. The average Bonchev–Trinajstić information content (AvgIpc) is 2.95. The van der Waals surface area contributed by atoms with Gasteiger partial charge in [0.25, 0.3) is 0 Å². The second-order valence-electron chi connectivity index (χ2n) is 3.93. The second kappa shape index (κ2) is 6.05. The zero-order chi connectivity index (χ0) is 13.7. The molecule has 2 heterocycles. The van der Waals surface area contributed by atoms with Crippen molar-refractivity contribution in [2.24, 2.45) is 0 Å². The maximum atomic E-state index is 11.8. The van der Waals surface area contributed by atoms with E-state index >= 15 is 0 Å². The third kappa shape index (κ3) is 3.14. The molecule has 2 aromatic heterocycles. The standard InChI is InChI=1S/C12H14N4O3/c1-2-9(7-17)14-11(18)12-15-10(16-19-12)8-4-3-5-13-6-8/h3-6,9,17H,2,7H2,1H3,(H,14,18)/t9-/m1/s1. The molecule has 2 rings (SSSR count). The van der Waals surface area contributed by atoms with E-state index in [-0.39, 0.29) is 18.5 Å². The van der Waals surface area contributed by atoms with Crippen molar-refractivity contribution in [3.8, 4) is 11.4 Å². The van der Waals surface area contributed by atoms with E-state index in [0.717, 1.165) is 0 Å². The summed E-state index contributed by atoms with van der Waals surface area (Å²) in [6.45, 7) is 1.72. The Kier molecular flexibility index (Phi) is 4.19. The van der Waals surface area contributed by atoms with Crippen molar-refractivity contribution in [2.75, 3.05) is 6.61 Å². The van der Waals surface area contributed by atoms with Gasteiger partial charge in [0.15, 0.2) is 0 Å². The summed E-state index contributed by atoms with van der Waals surface area (Å²) >= 11 is 0. The maximum absolute atomic E-state index is 11.8. The molecule has 0 aromatic carbocycles. The Hall–Kier alpha value is -2.28. The molecule has 0 saturated heterocycles. The maximum Gasteiger partial charge on any atom is 0.316 e. The van der Waals surface area contributed by atoms with E-state index < -0.39 is 5.91 Å². The normalized spacial score (nSPS) is 12.1. The first-order chi connectivity index (χ1) is 9.24. The molecule has 0 spiro atoms. The van der Waals surface area contributed by atoms with E-state index in [1.807, 2.05) is 6.92 Å². The molecule has 1 amide bonds. The number of nitrogens with zero attached hydrogens (tertiary/aromatic N) is 3. The van der Waals surface area contributed by atoms with Gasteiger partial charge < -0.3 is 14.9 Å². The monoisotopic (exact) mass is 262 g/mol. The second-order valence-corrected chi connectivity index (χ2v) is 3.93. The van der Waals surface area contributed by atoms with Gasteiger partial charge in [0.1, 0.15) is 0 Å². The SMILES string of the molecule is CC[C@H](CO)NC(=O)c1nc(-c2cccnc2)no1. The molecular weight excluding hydrogens is 248 g/mol. The Bertz CT molecular complexity index is 537. The van der Waals surface area contributed by atoms with Crippen molar-refractivity contribution in [2.45, 2.75) is 19.4 Å². The zero-order valence-electron chi connectivity index (χ0n) is 10.4. The summed E-state index contributed by atoms with van der Waals surface area (Å²) in [4.78, 5) is 19.7. The van der Waals surface area contributed by atoms with Gasteiger partial charge >= 0.3 is 11.8 Å². The number of hydrogen-bond donors (Lipinski definition) is 2. The molecule has 100 valence electrons. The number of aliphatic hydroxyl groups excluding tert-OH is 1. The molecule has 2 aromatic rings. The van der Waals surface area contributed by atoms with Crippen LogP contribution in [0.15, 0.2) is 29.0 Å². The number of nitrogens with one attached hydrogen (secondary N) is 1. The predicted octanol–water partition coefficient (Wildman–Crippen LogP) is 0.632. The molecule has 0 saturated carbocycles. The largest absolute Gasteiger partial charge is 0.394 e. The molecule has 0 unspecified atom stereocenters. The molecule has 0 radical (unpaired) electrons. The molecule has 0 aliphatic carbocycles. The van der Waals surface area contributed by atoms with Crippen molar-refractivity contribution in [3.05, 3.63) is 30.4 Å². The highest BCUT2D eigenvalue weighted by Gasteiger charge is 2.18. The van der Waals surface area contributed by atoms with Crippen LogP contribution >= 0.6 is 0 Å². The summed E-state index contributed by atoms with van der Waals surface area (Å²) in [5.74, 6) is -0.329. The minimum absolute atomic E-state index is 0.133. The van der Waals surface area contributed by atoms with Gasteiger partial charge in [0, 0.05) is 18.0 Å². The van der Waals surface area contributed by atoms with Gasteiger partial charge in [-0.2, -0.15) is 4.98 Å². The number of pyridine rings is 1. The average molecular weight is 262 g/mol. The van der Waals surface area contributed by atoms with Crippen LogP contribution in [-0.2, 0) is 0 Å². The minimum atomic E-state index is -0.497. The van der Waals surface area contributed by atoms with E-state index in [1.165, 1.54) is 0 Å². The van der Waals surface area contributed by atoms with Crippen molar-refractivity contribution in [1.82, 2.24) is 20.4 Å². The van der Waals surface area contributed by atoms with Gasteiger partial charge in [-0.25, -0.2) is 0 Å². The molecule has 0 aliphatic rings. The summed E-state index contributed by atoms with van der Waals surface area (Å²) in [6.07, 6.45) is 3.82. The third-order valence-corrected chi connectivity index (χ3v) is 2.59. The molecule has 19 heavy (non-hydrogen) atoms. The number of amides is 1. The van der Waals surface area contributed by atoms with Crippen molar-refractivity contribution in [3.63, 3.8) is 0 Å². The molecule has 0 aliphatic heterocycles. The molecule has 7 nitrogen and oxygen atoms in total. The Morgan fingerprint density at radius 2 is 2.42 bits per heavy atom. The lowest BCUT2D eigenvalue weighted by Crippen LogP contribution is -2.37. The summed E-state index contributed by atoms with van der Waals surface area (Å²) in [5, 5.41) is 15.3. The Morgan fingerprint density at radius 3 is 3.05 bits per heavy atom. The fourth-order valence-corrected chi connectivity index (χ4v) is 1.45. The van der Waals surface area contributed by atoms with Crippen LogP contribution in [0, 0.1) is 0 Å². The number of carbonyl (C=O) groups is 1. The molecular formula is C12H14N4O3. The fourth-order valence-electron chi connectivity index (χ4n) is 1.45. The number of aromatic nitrogens is 3. The van der Waals surface area contributed by atoms with Gasteiger partial charge in [-0.3, -0.25) is 9.78 Å². The van der Waals surface area contributed by atoms with Crippen LogP contribution < -0.4 is 5.32 Å². The van der Waals surface area contributed by atoms with Gasteiger partial charge in [0.2, 0.25) is 5.82 Å². The van der Waals surface area contributed by atoms with Gasteiger partial charge in [0.05, 0.1) is 12.6 Å². The zero-order valence-corrected chi connectivity index (χ0v) is 10.4. The molecule has 1 atom stereocenters. The van der Waals surface area contributed by atoms with Crippen LogP contribution in [0.5, 0.6) is 0 Å². The first-order valence-electron chi connectivity index (χ1n) is 5.90. The highest BCUT2D eigenvalue weighted by Crippen LogP contribution is 2.13. The number of hydrogen-bond acceptors (Lipinski definition) is 6. The summed E-state index contributed by atoms with van der Waals surface area (Å²) < 4.78 is 4.89. The van der Waals surface area contributed by atoms with Crippen molar-refractivity contribution >= 4 is 5.91 Å². The first kappa shape index (κ1) is 13.2. The lowest BCUT2D eigenvalue weighted by atomic mass is 10.2. The molecule has 7 heteroatoms. The van der Waals surface area contributed by atoms with E-state index in [1.54, 1.807) is 24.5 Å². The third-order valence-electron chi connectivity index (χ3n) is 2.59. The van der Waals surface area contributed by atoms with E-state index in [4.69, 9.17) is 9.63 Å². The lowest BCUT2D eigenvalue weighted by molar-refractivity contribution is 0.0870. The quantitative estimate of drug-likeness (QED) is 0.819. The number of aliphatic hydroxyl groups is 1. The van der Waals surface area contributed by atoms with Gasteiger partial charge in [-0.1, -0.05) is 12.1 Å². The van der Waals surface area contributed by atoms with Crippen LogP contribution in [0.1, 0.15) is 24.0 Å².